The van der Waals surface area contributed by atoms with Crippen molar-refractivity contribution in [2.24, 2.45) is 0 Å². The molecule has 1 saturated heterocycles. The summed E-state index contributed by atoms with van der Waals surface area (Å²) >= 11 is 0. The normalized spacial score (nSPS) is 19.1. The number of anilines is 2. The average molecular weight is 418 g/mol. The van der Waals surface area contributed by atoms with Gasteiger partial charge in [0.15, 0.2) is 0 Å². The van der Waals surface area contributed by atoms with Crippen LogP contribution in [0.15, 0.2) is 36.8 Å². The predicted molar refractivity (Wildman–Crippen MR) is 113 cm³/mol. The molecule has 2 aromatic rings. The van der Waals surface area contributed by atoms with Crippen LogP contribution in [-0.2, 0) is 16.4 Å². The Morgan fingerprint density at radius 2 is 1.93 bits per heavy atom. The van der Waals surface area contributed by atoms with Gasteiger partial charge in [0.25, 0.3) is 0 Å². The van der Waals surface area contributed by atoms with E-state index in [-0.39, 0.29) is 0 Å². The molecule has 1 aromatic carbocycles. The first-order valence-electron chi connectivity index (χ1n) is 9.94. The highest BCUT2D eigenvalue weighted by Gasteiger charge is 2.26. The molecule has 1 atom stereocenters. The van der Waals surface area contributed by atoms with Crippen LogP contribution in [0.25, 0.3) is 0 Å². The number of benzene rings is 1. The Balaban J connectivity index is 1.39. The molecule has 156 valence electrons. The molecule has 4 rings (SSSR count). The van der Waals surface area contributed by atoms with E-state index in [9.17, 15) is 13.5 Å². The third-order valence-corrected chi connectivity index (χ3v) is 6.82. The SMILES string of the molecule is CS(=O)(=O)N1CCCc2cc([C@H](O)CN3CCN(c4cnccn4)CC3)ccc21. The average Bonchev–Trinajstić information content (AvgIpc) is 2.73. The molecule has 0 bridgehead atoms. The molecule has 8 nitrogen and oxygen atoms in total. The summed E-state index contributed by atoms with van der Waals surface area (Å²) in [4.78, 5) is 12.9. The van der Waals surface area contributed by atoms with Gasteiger partial charge in [-0.2, -0.15) is 0 Å². The van der Waals surface area contributed by atoms with Gasteiger partial charge >= 0.3 is 0 Å². The van der Waals surface area contributed by atoms with Gasteiger partial charge in [0.1, 0.15) is 5.82 Å². The number of piperazine rings is 1. The minimum atomic E-state index is -3.27. The predicted octanol–water partition coefficient (Wildman–Crippen LogP) is 1.04. The van der Waals surface area contributed by atoms with Crippen LogP contribution in [0, 0.1) is 0 Å². The molecule has 1 aromatic heterocycles. The number of aliphatic hydroxyl groups is 1. The fraction of sp³-hybridized carbons (Fsp3) is 0.500. The molecule has 0 radical (unpaired) electrons. The highest BCUT2D eigenvalue weighted by atomic mass is 32.2. The van der Waals surface area contributed by atoms with Crippen molar-refractivity contribution < 1.29 is 13.5 Å². The topological polar surface area (TPSA) is 89.9 Å². The van der Waals surface area contributed by atoms with E-state index in [4.69, 9.17) is 0 Å². The number of hydrogen-bond donors (Lipinski definition) is 1. The molecular weight excluding hydrogens is 390 g/mol. The molecule has 29 heavy (non-hydrogen) atoms. The van der Waals surface area contributed by atoms with Crippen LogP contribution in [0.5, 0.6) is 0 Å². The van der Waals surface area contributed by atoms with Crippen molar-refractivity contribution in [3.63, 3.8) is 0 Å². The van der Waals surface area contributed by atoms with Crippen molar-refractivity contribution in [2.75, 3.05) is 54.7 Å². The molecule has 0 amide bonds. The Morgan fingerprint density at radius 1 is 1.14 bits per heavy atom. The Bertz CT molecular complexity index is 946. The van der Waals surface area contributed by atoms with E-state index in [0.29, 0.717) is 13.1 Å². The van der Waals surface area contributed by atoms with Crippen LogP contribution in [0.2, 0.25) is 0 Å². The van der Waals surface area contributed by atoms with Crippen LogP contribution in [0.3, 0.4) is 0 Å². The second-order valence-corrected chi connectivity index (χ2v) is 9.60. The molecule has 9 heteroatoms. The van der Waals surface area contributed by atoms with Gasteiger partial charge in [-0.1, -0.05) is 12.1 Å². The highest BCUT2D eigenvalue weighted by molar-refractivity contribution is 7.92. The number of rotatable bonds is 5. The number of aliphatic hydroxyl groups excluding tert-OH is 1. The second-order valence-electron chi connectivity index (χ2n) is 7.69. The molecule has 0 saturated carbocycles. The first kappa shape index (κ1) is 20.1. The second kappa shape index (κ2) is 8.25. The van der Waals surface area contributed by atoms with Gasteiger partial charge in [0.2, 0.25) is 10.0 Å². The van der Waals surface area contributed by atoms with Gasteiger partial charge in [-0.05, 0) is 30.0 Å². The van der Waals surface area contributed by atoms with Crippen molar-refractivity contribution in [2.45, 2.75) is 18.9 Å². The lowest BCUT2D eigenvalue weighted by molar-refractivity contribution is 0.109. The maximum absolute atomic E-state index is 12.0. The summed E-state index contributed by atoms with van der Waals surface area (Å²) in [5.74, 6) is 0.887. The van der Waals surface area contributed by atoms with Crippen LogP contribution in [0.4, 0.5) is 11.5 Å². The van der Waals surface area contributed by atoms with Gasteiger partial charge in [-0.3, -0.25) is 14.2 Å². The summed E-state index contributed by atoms with van der Waals surface area (Å²) < 4.78 is 25.5. The summed E-state index contributed by atoms with van der Waals surface area (Å²) in [5, 5.41) is 10.8. The summed E-state index contributed by atoms with van der Waals surface area (Å²) in [7, 11) is -3.27. The van der Waals surface area contributed by atoms with E-state index in [1.807, 2.05) is 18.2 Å². The zero-order valence-electron chi connectivity index (χ0n) is 16.6. The zero-order valence-corrected chi connectivity index (χ0v) is 17.4. The number of aryl methyl sites for hydroxylation is 1. The molecule has 2 aliphatic heterocycles. The summed E-state index contributed by atoms with van der Waals surface area (Å²) in [6, 6.07) is 5.65. The lowest BCUT2D eigenvalue weighted by Gasteiger charge is -2.36. The standard InChI is InChI=1S/C20H27N5O3S/c1-29(27,28)25-8-2-3-16-13-17(4-5-18(16)25)19(26)15-23-9-11-24(12-10-23)20-14-21-6-7-22-20/h4-7,13-14,19,26H,2-3,8-12,15H2,1H3/t19-/m1/s1. The molecule has 0 aliphatic carbocycles. The van der Waals surface area contributed by atoms with E-state index in [1.165, 1.54) is 10.6 Å². The van der Waals surface area contributed by atoms with E-state index in [0.717, 1.165) is 61.7 Å². The van der Waals surface area contributed by atoms with Gasteiger partial charge in [-0.15, -0.1) is 0 Å². The van der Waals surface area contributed by atoms with Gasteiger partial charge in [0, 0.05) is 51.7 Å². The summed E-state index contributed by atoms with van der Waals surface area (Å²) in [6.45, 7) is 4.46. The maximum Gasteiger partial charge on any atom is 0.232 e. The highest BCUT2D eigenvalue weighted by Crippen LogP contribution is 2.31. The lowest BCUT2D eigenvalue weighted by atomic mass is 9.98. The number of β-amino-alcohol motifs (C(OH)–C–C–N with tert-alkyl or cyclic N) is 1. The maximum atomic E-state index is 12.0. The van der Waals surface area contributed by atoms with Gasteiger partial charge < -0.3 is 10.0 Å². The van der Waals surface area contributed by atoms with Crippen LogP contribution < -0.4 is 9.21 Å². The first-order valence-corrected chi connectivity index (χ1v) is 11.8. The smallest absolute Gasteiger partial charge is 0.232 e. The Hall–Kier alpha value is -2.23. The van der Waals surface area contributed by atoms with Crippen molar-refractivity contribution >= 4 is 21.5 Å². The first-order chi connectivity index (χ1) is 13.9. The molecule has 1 N–H and O–H groups in total. The fourth-order valence-electron chi connectivity index (χ4n) is 4.10. The number of hydrogen-bond acceptors (Lipinski definition) is 7. The number of nitrogens with zero attached hydrogens (tertiary/aromatic N) is 5. The van der Waals surface area contributed by atoms with Gasteiger partial charge in [-0.25, -0.2) is 13.4 Å². The number of sulfonamides is 1. The minimum absolute atomic E-state index is 0.518. The quantitative estimate of drug-likeness (QED) is 0.778. The molecule has 2 aliphatic rings. The molecule has 1 fully saturated rings. The van der Waals surface area contributed by atoms with Crippen molar-refractivity contribution in [3.8, 4) is 0 Å². The monoisotopic (exact) mass is 417 g/mol. The van der Waals surface area contributed by atoms with E-state index >= 15 is 0 Å². The Kier molecular flexibility index (Phi) is 5.71. The zero-order chi connectivity index (χ0) is 20.4. The van der Waals surface area contributed by atoms with Crippen molar-refractivity contribution in [3.05, 3.63) is 47.9 Å². The third-order valence-electron chi connectivity index (χ3n) is 5.64. The van der Waals surface area contributed by atoms with E-state index < -0.39 is 16.1 Å². The number of fused-ring (bicyclic) bond motifs is 1. The molecule has 0 unspecified atom stereocenters. The third kappa shape index (κ3) is 4.52. The van der Waals surface area contributed by atoms with Crippen molar-refractivity contribution in [1.29, 1.82) is 0 Å². The van der Waals surface area contributed by atoms with E-state index in [1.54, 1.807) is 18.6 Å². The van der Waals surface area contributed by atoms with Gasteiger partial charge in [0.05, 0.1) is 24.2 Å². The molecule has 3 heterocycles. The van der Waals surface area contributed by atoms with Crippen LogP contribution >= 0.6 is 0 Å². The van der Waals surface area contributed by atoms with Crippen LogP contribution in [0.1, 0.15) is 23.7 Å². The lowest BCUT2D eigenvalue weighted by Crippen LogP contribution is -2.47. The summed E-state index contributed by atoms with van der Waals surface area (Å²) in [5.41, 5.74) is 2.58. The molecule has 0 spiro atoms. The Labute approximate surface area is 171 Å². The number of aromatic nitrogens is 2. The van der Waals surface area contributed by atoms with E-state index in [2.05, 4.69) is 19.8 Å². The molecular formula is C20H27N5O3S. The van der Waals surface area contributed by atoms with Crippen LogP contribution in [-0.4, -0.2) is 73.9 Å². The largest absolute Gasteiger partial charge is 0.387 e. The Morgan fingerprint density at radius 3 is 2.62 bits per heavy atom. The minimum Gasteiger partial charge on any atom is -0.387 e. The summed E-state index contributed by atoms with van der Waals surface area (Å²) in [6.07, 6.45) is 7.42. The van der Waals surface area contributed by atoms with Crippen molar-refractivity contribution in [1.82, 2.24) is 14.9 Å². The fourth-order valence-corrected chi connectivity index (χ4v) is 5.09.